The number of carbonyl (C=O) groups excluding carboxylic acids is 2. The van der Waals surface area contributed by atoms with Crippen molar-refractivity contribution in [3.63, 3.8) is 0 Å². The van der Waals surface area contributed by atoms with Crippen LogP contribution < -0.4 is 5.73 Å². The van der Waals surface area contributed by atoms with Crippen molar-refractivity contribution in [1.29, 1.82) is 0 Å². The van der Waals surface area contributed by atoms with Crippen LogP contribution in [0, 0.1) is 5.92 Å². The van der Waals surface area contributed by atoms with E-state index in [0.717, 1.165) is 19.3 Å². The molecule has 5 heteroatoms. The molecule has 1 aliphatic heterocycles. The van der Waals surface area contributed by atoms with E-state index in [0.29, 0.717) is 13.1 Å². The van der Waals surface area contributed by atoms with E-state index in [-0.39, 0.29) is 30.8 Å². The highest BCUT2D eigenvalue weighted by Gasteiger charge is 2.32. The number of rotatable bonds is 6. The second-order valence-electron chi connectivity index (χ2n) is 3.93. The summed E-state index contributed by atoms with van der Waals surface area (Å²) < 4.78 is 0. The number of aliphatic hydroxyl groups is 1. The molecule has 0 spiro atoms. The Bertz CT molecular complexity index is 243. The minimum Gasteiger partial charge on any atom is -0.396 e. The Morgan fingerprint density at radius 1 is 1.47 bits per heavy atom. The van der Waals surface area contributed by atoms with Crippen molar-refractivity contribution < 1.29 is 14.7 Å². The summed E-state index contributed by atoms with van der Waals surface area (Å²) in [4.78, 5) is 24.0. The Hall–Kier alpha value is -1.10. The van der Waals surface area contributed by atoms with Crippen molar-refractivity contribution in [2.45, 2.75) is 25.7 Å². The molecule has 1 rings (SSSR count). The average molecular weight is 214 g/mol. The van der Waals surface area contributed by atoms with Gasteiger partial charge in [0.05, 0.1) is 5.92 Å². The molecule has 1 fully saturated rings. The predicted octanol–water partition coefficient (Wildman–Crippen LogP) is -0.517. The van der Waals surface area contributed by atoms with Gasteiger partial charge in [0.15, 0.2) is 0 Å². The average Bonchev–Trinajstić information content (AvgIpc) is 2.55. The highest BCUT2D eigenvalue weighted by Crippen LogP contribution is 2.17. The molecule has 1 atom stereocenters. The Labute approximate surface area is 89.2 Å². The van der Waals surface area contributed by atoms with Crippen LogP contribution >= 0.6 is 0 Å². The van der Waals surface area contributed by atoms with Crippen LogP contribution in [0.2, 0.25) is 0 Å². The van der Waals surface area contributed by atoms with Crippen molar-refractivity contribution in [2.75, 3.05) is 19.7 Å². The molecular formula is C10H18N2O3. The van der Waals surface area contributed by atoms with E-state index in [1.807, 2.05) is 0 Å². The van der Waals surface area contributed by atoms with Gasteiger partial charge in [-0.25, -0.2) is 0 Å². The number of aliphatic hydroxyl groups excluding tert-OH is 1. The molecule has 0 radical (unpaired) electrons. The Morgan fingerprint density at radius 3 is 2.73 bits per heavy atom. The van der Waals surface area contributed by atoms with Crippen LogP contribution in [0.25, 0.3) is 0 Å². The first kappa shape index (κ1) is 12.0. The van der Waals surface area contributed by atoms with E-state index < -0.39 is 0 Å². The zero-order chi connectivity index (χ0) is 11.3. The number of amides is 2. The highest BCUT2D eigenvalue weighted by molar-refractivity contribution is 5.88. The fourth-order valence-electron chi connectivity index (χ4n) is 1.77. The summed E-state index contributed by atoms with van der Waals surface area (Å²) in [5.41, 5.74) is 5.15. The van der Waals surface area contributed by atoms with Crippen molar-refractivity contribution in [1.82, 2.24) is 4.90 Å². The number of primary amides is 1. The van der Waals surface area contributed by atoms with Crippen LogP contribution in [0.1, 0.15) is 25.7 Å². The number of unbranched alkanes of at least 4 members (excludes halogenated alkanes) is 2. The lowest BCUT2D eigenvalue weighted by Gasteiger charge is -2.15. The lowest BCUT2D eigenvalue weighted by Crippen LogP contribution is -2.29. The molecule has 2 amide bonds. The molecule has 3 N–H and O–H groups in total. The van der Waals surface area contributed by atoms with Crippen molar-refractivity contribution in [3.05, 3.63) is 0 Å². The number of nitrogens with zero attached hydrogens (tertiary/aromatic N) is 1. The summed E-state index contributed by atoms with van der Waals surface area (Å²) in [6, 6.07) is 0. The predicted molar refractivity (Wildman–Crippen MR) is 54.8 cm³/mol. The first-order valence-corrected chi connectivity index (χ1v) is 5.33. The zero-order valence-corrected chi connectivity index (χ0v) is 8.82. The summed E-state index contributed by atoms with van der Waals surface area (Å²) in [6.07, 6.45) is 2.80. The Morgan fingerprint density at radius 2 is 2.20 bits per heavy atom. The number of hydrogen-bond acceptors (Lipinski definition) is 3. The maximum absolute atomic E-state index is 11.4. The van der Waals surface area contributed by atoms with Gasteiger partial charge in [0.25, 0.3) is 0 Å². The first-order valence-electron chi connectivity index (χ1n) is 5.33. The molecule has 15 heavy (non-hydrogen) atoms. The van der Waals surface area contributed by atoms with Gasteiger partial charge in [-0.2, -0.15) is 0 Å². The number of nitrogens with two attached hydrogens (primary N) is 1. The van der Waals surface area contributed by atoms with E-state index >= 15 is 0 Å². The van der Waals surface area contributed by atoms with Gasteiger partial charge in [-0.3, -0.25) is 9.59 Å². The van der Waals surface area contributed by atoms with E-state index in [9.17, 15) is 9.59 Å². The van der Waals surface area contributed by atoms with Gasteiger partial charge < -0.3 is 15.7 Å². The Kier molecular flexibility index (Phi) is 4.55. The minimum absolute atomic E-state index is 0.0165. The van der Waals surface area contributed by atoms with Crippen LogP contribution in [0.15, 0.2) is 0 Å². The van der Waals surface area contributed by atoms with Crippen LogP contribution in [0.4, 0.5) is 0 Å². The maximum Gasteiger partial charge on any atom is 0.223 e. The molecule has 1 aliphatic rings. The Balaban J connectivity index is 2.25. The van der Waals surface area contributed by atoms with E-state index in [1.165, 1.54) is 0 Å². The van der Waals surface area contributed by atoms with Crippen LogP contribution in [0.3, 0.4) is 0 Å². The van der Waals surface area contributed by atoms with Crippen LogP contribution in [0.5, 0.6) is 0 Å². The third-order valence-electron chi connectivity index (χ3n) is 2.70. The SMILES string of the molecule is NC(=O)C1CC(=O)N(CCCCCO)C1. The molecule has 0 aromatic heterocycles. The summed E-state index contributed by atoms with van der Waals surface area (Å²) in [7, 11) is 0. The first-order chi connectivity index (χ1) is 7.15. The van der Waals surface area contributed by atoms with Crippen molar-refractivity contribution in [3.8, 4) is 0 Å². The molecule has 0 aromatic rings. The van der Waals surface area contributed by atoms with E-state index in [4.69, 9.17) is 10.8 Å². The second-order valence-corrected chi connectivity index (χ2v) is 3.93. The number of carbonyl (C=O) groups is 2. The molecule has 1 unspecified atom stereocenters. The van der Waals surface area contributed by atoms with E-state index in [1.54, 1.807) is 4.90 Å². The van der Waals surface area contributed by atoms with E-state index in [2.05, 4.69) is 0 Å². The number of hydrogen-bond donors (Lipinski definition) is 2. The molecule has 86 valence electrons. The summed E-state index contributed by atoms with van der Waals surface area (Å²) in [6.45, 7) is 1.33. The third kappa shape index (κ3) is 3.51. The lowest BCUT2D eigenvalue weighted by molar-refractivity contribution is -0.128. The monoisotopic (exact) mass is 214 g/mol. The maximum atomic E-state index is 11.4. The fraction of sp³-hybridized carbons (Fsp3) is 0.800. The van der Waals surface area contributed by atoms with Gasteiger partial charge in [-0.1, -0.05) is 0 Å². The largest absolute Gasteiger partial charge is 0.396 e. The summed E-state index contributed by atoms with van der Waals surface area (Å²) in [5.74, 6) is -0.681. The second kappa shape index (κ2) is 5.70. The van der Waals surface area contributed by atoms with Gasteiger partial charge in [0.1, 0.15) is 0 Å². The number of likely N-dealkylation sites (tertiary alicyclic amines) is 1. The van der Waals surface area contributed by atoms with Crippen molar-refractivity contribution >= 4 is 11.8 Å². The molecule has 5 nitrogen and oxygen atoms in total. The topological polar surface area (TPSA) is 83.6 Å². The molecule has 0 saturated carbocycles. The van der Waals surface area contributed by atoms with Crippen molar-refractivity contribution in [2.24, 2.45) is 11.7 Å². The molecule has 0 bridgehead atoms. The summed E-state index contributed by atoms with van der Waals surface area (Å²) >= 11 is 0. The van der Waals surface area contributed by atoms with Gasteiger partial charge in [0, 0.05) is 26.1 Å². The normalized spacial score (nSPS) is 21.0. The fourth-order valence-corrected chi connectivity index (χ4v) is 1.77. The molecular weight excluding hydrogens is 196 g/mol. The van der Waals surface area contributed by atoms with Crippen LogP contribution in [-0.4, -0.2) is 41.5 Å². The quantitative estimate of drug-likeness (QED) is 0.584. The highest BCUT2D eigenvalue weighted by atomic mass is 16.3. The zero-order valence-electron chi connectivity index (χ0n) is 8.82. The molecule has 1 saturated heterocycles. The molecule has 0 aromatic carbocycles. The van der Waals surface area contributed by atoms with Crippen LogP contribution in [-0.2, 0) is 9.59 Å². The lowest BCUT2D eigenvalue weighted by atomic mass is 10.1. The smallest absolute Gasteiger partial charge is 0.223 e. The third-order valence-corrected chi connectivity index (χ3v) is 2.70. The van der Waals surface area contributed by atoms with Gasteiger partial charge >= 0.3 is 0 Å². The van der Waals surface area contributed by atoms with Gasteiger partial charge in [-0.15, -0.1) is 0 Å². The van der Waals surface area contributed by atoms with Gasteiger partial charge in [-0.05, 0) is 19.3 Å². The van der Waals surface area contributed by atoms with Gasteiger partial charge in [0.2, 0.25) is 11.8 Å². The summed E-state index contributed by atoms with van der Waals surface area (Å²) in [5, 5.41) is 8.58. The molecule has 1 heterocycles. The standard InChI is InChI=1S/C10H18N2O3/c11-10(15)8-6-9(14)12(7-8)4-2-1-3-5-13/h8,13H,1-7H2,(H2,11,15). The minimum atomic E-state index is -0.388. The molecule has 0 aliphatic carbocycles.